The second-order valence-electron chi connectivity index (χ2n) is 4.49. The van der Waals surface area contributed by atoms with Crippen molar-refractivity contribution in [1.29, 1.82) is 0 Å². The molecule has 0 spiro atoms. The Balaban J connectivity index is 1.49. The highest BCUT2D eigenvalue weighted by Gasteiger charge is 2.31. The summed E-state index contributed by atoms with van der Waals surface area (Å²) in [6, 6.07) is 0.668. The molecule has 94 valence electrons. The highest BCUT2D eigenvalue weighted by molar-refractivity contribution is 9.11. The first-order valence-electron chi connectivity index (χ1n) is 5.90. The molecule has 2 aliphatic heterocycles. The smallest absolute Gasteiger partial charge is 0.206 e. The van der Waals surface area contributed by atoms with Gasteiger partial charge in [0, 0.05) is 19.1 Å². The molecule has 1 aromatic rings. The third-order valence-electron chi connectivity index (χ3n) is 3.34. The lowest BCUT2D eigenvalue weighted by molar-refractivity contribution is -0.0415. The SMILES string of the molecule is Brc1nnc(NCC2CN3CCCC3CO2)s1. The Morgan fingerprint density at radius 1 is 1.53 bits per heavy atom. The van der Waals surface area contributed by atoms with Crippen LogP contribution in [0.5, 0.6) is 0 Å². The fourth-order valence-corrected chi connectivity index (χ4v) is 3.50. The number of ether oxygens (including phenoxy) is 1. The molecule has 3 rings (SSSR count). The molecule has 17 heavy (non-hydrogen) atoms. The number of halogens is 1. The lowest BCUT2D eigenvalue weighted by Crippen LogP contribution is -2.48. The quantitative estimate of drug-likeness (QED) is 0.917. The molecule has 5 nitrogen and oxygen atoms in total. The zero-order valence-electron chi connectivity index (χ0n) is 9.43. The van der Waals surface area contributed by atoms with Gasteiger partial charge in [0.25, 0.3) is 0 Å². The highest BCUT2D eigenvalue weighted by atomic mass is 79.9. The zero-order valence-corrected chi connectivity index (χ0v) is 11.8. The molecule has 2 unspecified atom stereocenters. The maximum absolute atomic E-state index is 5.86. The molecule has 7 heteroatoms. The fraction of sp³-hybridized carbons (Fsp3) is 0.800. The van der Waals surface area contributed by atoms with E-state index < -0.39 is 0 Å². The molecule has 0 aromatic carbocycles. The van der Waals surface area contributed by atoms with Crippen molar-refractivity contribution in [2.24, 2.45) is 0 Å². The summed E-state index contributed by atoms with van der Waals surface area (Å²) >= 11 is 4.81. The van der Waals surface area contributed by atoms with Gasteiger partial charge in [-0.3, -0.25) is 4.90 Å². The average Bonchev–Trinajstić information content (AvgIpc) is 2.94. The summed E-state index contributed by atoms with van der Waals surface area (Å²) in [5.41, 5.74) is 0. The predicted octanol–water partition coefficient (Wildman–Crippen LogP) is 1.58. The normalized spacial score (nSPS) is 29.2. The number of fused-ring (bicyclic) bond motifs is 1. The van der Waals surface area contributed by atoms with Crippen molar-refractivity contribution in [3.8, 4) is 0 Å². The number of hydrogen-bond donors (Lipinski definition) is 1. The van der Waals surface area contributed by atoms with E-state index in [2.05, 4.69) is 36.3 Å². The topological polar surface area (TPSA) is 50.3 Å². The van der Waals surface area contributed by atoms with E-state index in [4.69, 9.17) is 4.74 Å². The molecule has 2 atom stereocenters. The number of rotatable bonds is 3. The van der Waals surface area contributed by atoms with E-state index >= 15 is 0 Å². The van der Waals surface area contributed by atoms with Gasteiger partial charge in [-0.2, -0.15) is 0 Å². The number of morpholine rings is 1. The second kappa shape index (κ2) is 5.17. The largest absolute Gasteiger partial charge is 0.373 e. The lowest BCUT2D eigenvalue weighted by Gasteiger charge is -2.35. The summed E-state index contributed by atoms with van der Waals surface area (Å²) in [5.74, 6) is 0. The van der Waals surface area contributed by atoms with Crippen LogP contribution >= 0.6 is 27.3 Å². The Hall–Kier alpha value is -0.240. The van der Waals surface area contributed by atoms with Crippen LogP contribution in [-0.4, -0.2) is 53.5 Å². The van der Waals surface area contributed by atoms with Crippen molar-refractivity contribution in [2.75, 3.05) is 31.6 Å². The minimum atomic E-state index is 0.270. The molecule has 2 fully saturated rings. The van der Waals surface area contributed by atoms with Crippen molar-refractivity contribution in [2.45, 2.75) is 25.0 Å². The van der Waals surface area contributed by atoms with Gasteiger partial charge in [-0.05, 0) is 35.3 Å². The van der Waals surface area contributed by atoms with E-state index in [9.17, 15) is 0 Å². The Morgan fingerprint density at radius 2 is 2.47 bits per heavy atom. The van der Waals surface area contributed by atoms with Crippen molar-refractivity contribution in [1.82, 2.24) is 15.1 Å². The van der Waals surface area contributed by atoms with Gasteiger partial charge >= 0.3 is 0 Å². The third-order valence-corrected chi connectivity index (χ3v) is 4.66. The van der Waals surface area contributed by atoms with Gasteiger partial charge in [-0.1, -0.05) is 11.3 Å². The Labute approximate surface area is 113 Å². The first-order chi connectivity index (χ1) is 8.31. The van der Waals surface area contributed by atoms with Crippen LogP contribution in [0.1, 0.15) is 12.8 Å². The van der Waals surface area contributed by atoms with E-state index in [1.54, 1.807) is 0 Å². The molecule has 0 bridgehead atoms. The third kappa shape index (κ3) is 2.78. The first kappa shape index (κ1) is 11.8. The van der Waals surface area contributed by atoms with E-state index in [1.807, 2.05) is 0 Å². The number of nitrogens with one attached hydrogen (secondary N) is 1. The molecule has 0 aliphatic carbocycles. The predicted molar refractivity (Wildman–Crippen MR) is 70.4 cm³/mol. The molecule has 2 aliphatic rings. The summed E-state index contributed by atoms with van der Waals surface area (Å²) < 4.78 is 6.67. The Bertz CT molecular complexity index is 388. The first-order valence-corrected chi connectivity index (χ1v) is 7.51. The standard InChI is InChI=1S/C10H15BrN4OS/c11-9-13-14-10(17-9)12-4-8-5-15-3-1-2-7(15)6-16-8/h7-8H,1-6H2,(H,12,14). The Morgan fingerprint density at radius 3 is 3.29 bits per heavy atom. The molecule has 3 heterocycles. The summed E-state index contributed by atoms with van der Waals surface area (Å²) in [6.07, 6.45) is 2.88. The Kier molecular flexibility index (Phi) is 3.60. The monoisotopic (exact) mass is 318 g/mol. The fourth-order valence-electron chi connectivity index (χ4n) is 2.49. The van der Waals surface area contributed by atoms with E-state index in [-0.39, 0.29) is 6.10 Å². The molecule has 1 aromatic heterocycles. The molecule has 0 saturated carbocycles. The van der Waals surface area contributed by atoms with Crippen molar-refractivity contribution < 1.29 is 4.74 Å². The maximum atomic E-state index is 5.86. The van der Waals surface area contributed by atoms with Crippen LogP contribution in [-0.2, 0) is 4.74 Å². The van der Waals surface area contributed by atoms with Crippen LogP contribution < -0.4 is 5.32 Å². The van der Waals surface area contributed by atoms with Crippen LogP contribution in [0.3, 0.4) is 0 Å². The minimum absolute atomic E-state index is 0.270. The van der Waals surface area contributed by atoms with Crippen molar-refractivity contribution in [3.05, 3.63) is 3.92 Å². The second-order valence-corrected chi connectivity index (χ2v) is 6.74. The van der Waals surface area contributed by atoms with Gasteiger partial charge in [0.1, 0.15) is 0 Å². The number of anilines is 1. The number of aromatic nitrogens is 2. The highest BCUT2D eigenvalue weighted by Crippen LogP contribution is 2.24. The summed E-state index contributed by atoms with van der Waals surface area (Å²) in [6.45, 7) is 3.96. The molecule has 0 amide bonds. The van der Waals surface area contributed by atoms with Gasteiger partial charge < -0.3 is 10.1 Å². The minimum Gasteiger partial charge on any atom is -0.373 e. The van der Waals surface area contributed by atoms with Crippen molar-refractivity contribution >= 4 is 32.4 Å². The number of hydrogen-bond acceptors (Lipinski definition) is 6. The van der Waals surface area contributed by atoms with Gasteiger partial charge in [-0.25, -0.2) is 0 Å². The van der Waals surface area contributed by atoms with Crippen molar-refractivity contribution in [3.63, 3.8) is 0 Å². The molecular formula is C10H15BrN4OS. The summed E-state index contributed by atoms with van der Waals surface area (Å²) in [5, 5.41) is 12.0. The zero-order chi connectivity index (χ0) is 11.7. The van der Waals surface area contributed by atoms with Crippen LogP contribution in [0.2, 0.25) is 0 Å². The van der Waals surface area contributed by atoms with Gasteiger partial charge in [0.15, 0.2) is 3.92 Å². The average molecular weight is 319 g/mol. The number of nitrogens with zero attached hydrogens (tertiary/aromatic N) is 3. The van der Waals surface area contributed by atoms with Crippen LogP contribution in [0.25, 0.3) is 0 Å². The van der Waals surface area contributed by atoms with Gasteiger partial charge in [-0.15, -0.1) is 10.2 Å². The van der Waals surface area contributed by atoms with E-state index in [1.165, 1.54) is 30.7 Å². The van der Waals surface area contributed by atoms with E-state index in [0.717, 1.165) is 28.7 Å². The van der Waals surface area contributed by atoms with Gasteiger partial charge in [0.05, 0.1) is 12.7 Å². The summed E-state index contributed by atoms with van der Waals surface area (Å²) in [7, 11) is 0. The van der Waals surface area contributed by atoms with Crippen LogP contribution in [0, 0.1) is 0 Å². The lowest BCUT2D eigenvalue weighted by atomic mass is 10.2. The maximum Gasteiger partial charge on any atom is 0.206 e. The summed E-state index contributed by atoms with van der Waals surface area (Å²) in [4.78, 5) is 2.55. The molecule has 0 radical (unpaired) electrons. The molecular weight excluding hydrogens is 304 g/mol. The van der Waals surface area contributed by atoms with Crippen LogP contribution in [0.4, 0.5) is 5.13 Å². The van der Waals surface area contributed by atoms with E-state index in [0.29, 0.717) is 6.04 Å². The van der Waals surface area contributed by atoms with Crippen LogP contribution in [0.15, 0.2) is 3.92 Å². The molecule has 1 N–H and O–H groups in total. The van der Waals surface area contributed by atoms with Gasteiger partial charge in [0.2, 0.25) is 5.13 Å². The molecule has 2 saturated heterocycles.